The van der Waals surface area contributed by atoms with Gasteiger partial charge in [-0.1, -0.05) is 30.3 Å². The van der Waals surface area contributed by atoms with Crippen molar-refractivity contribution in [2.24, 2.45) is 0 Å². The number of carbonyl (C=O) groups is 1. The van der Waals surface area contributed by atoms with E-state index in [1.54, 1.807) is 30.5 Å². The van der Waals surface area contributed by atoms with Crippen LogP contribution in [0.5, 0.6) is 0 Å². The van der Waals surface area contributed by atoms with Crippen molar-refractivity contribution in [2.75, 3.05) is 10.2 Å². The molecular weight excluding hydrogens is 406 g/mol. The monoisotopic (exact) mass is 427 g/mol. The first kappa shape index (κ1) is 19.7. The highest BCUT2D eigenvalue weighted by Gasteiger charge is 2.23. The lowest BCUT2D eigenvalue weighted by molar-refractivity contribution is -0.116. The van der Waals surface area contributed by atoms with E-state index in [0.717, 1.165) is 29.2 Å². The normalized spacial score (nSPS) is 12.7. The second kappa shape index (κ2) is 8.14. The molecule has 160 valence electrons. The lowest BCUT2D eigenvalue weighted by Gasteiger charge is -2.16. The summed E-state index contributed by atoms with van der Waals surface area (Å²) < 4.78 is 1.20. The van der Waals surface area contributed by atoms with Crippen molar-refractivity contribution in [2.45, 2.75) is 26.1 Å². The minimum Gasteiger partial charge on any atom is -0.348 e. The molecule has 1 aliphatic heterocycles. The first-order chi connectivity index (χ1) is 15.6. The number of H-pyrrole nitrogens is 1. The second-order valence-corrected chi connectivity index (χ2v) is 7.73. The van der Waals surface area contributed by atoms with E-state index >= 15 is 0 Å². The number of pyridine rings is 1. The molecule has 0 atom stereocenters. The molecule has 0 spiro atoms. The summed E-state index contributed by atoms with van der Waals surface area (Å²) in [5, 5.41) is 6.20. The smallest absolute Gasteiger partial charge is 0.273 e. The van der Waals surface area contributed by atoms with E-state index in [1.165, 1.54) is 4.68 Å². The Kier molecular flexibility index (Phi) is 5.03. The molecule has 8 nitrogen and oxygen atoms in total. The molecule has 0 aliphatic carbocycles. The van der Waals surface area contributed by atoms with Crippen LogP contribution in [0.2, 0.25) is 0 Å². The number of anilines is 2. The summed E-state index contributed by atoms with van der Waals surface area (Å²) in [6.45, 7) is 1.46. The standard InChI is InChI=1S/C24H21N5O3/c30-22(11-13-29-24(32)18-8-2-1-7-17(18)23(31)27-29)26-20-9-5-6-16-14-28(15-19(16)20)21-10-3-4-12-25-21/h1-10,12H,11,13-15H2,(H,26,30)(H,27,31). The van der Waals surface area contributed by atoms with Crippen LogP contribution in [0.3, 0.4) is 0 Å². The lowest BCUT2D eigenvalue weighted by Crippen LogP contribution is -2.31. The summed E-state index contributed by atoms with van der Waals surface area (Å²) in [4.78, 5) is 44.1. The van der Waals surface area contributed by atoms with Crippen LogP contribution in [0.1, 0.15) is 17.5 Å². The first-order valence-corrected chi connectivity index (χ1v) is 10.4. The molecule has 0 fully saturated rings. The average Bonchev–Trinajstić information content (AvgIpc) is 3.27. The van der Waals surface area contributed by atoms with Gasteiger partial charge in [0, 0.05) is 31.4 Å². The molecule has 4 aromatic rings. The van der Waals surface area contributed by atoms with E-state index < -0.39 is 0 Å². The van der Waals surface area contributed by atoms with Gasteiger partial charge in [0.1, 0.15) is 5.82 Å². The van der Waals surface area contributed by atoms with Crippen LogP contribution in [-0.4, -0.2) is 20.7 Å². The molecule has 2 aromatic carbocycles. The highest BCUT2D eigenvalue weighted by atomic mass is 16.2. The summed E-state index contributed by atoms with van der Waals surface area (Å²) in [7, 11) is 0. The number of nitrogens with one attached hydrogen (secondary N) is 2. The number of hydrogen-bond acceptors (Lipinski definition) is 5. The zero-order valence-corrected chi connectivity index (χ0v) is 17.2. The minimum atomic E-state index is -0.351. The van der Waals surface area contributed by atoms with Gasteiger partial charge < -0.3 is 10.2 Å². The molecular formula is C24H21N5O3. The number of carbonyl (C=O) groups excluding carboxylic acids is 1. The first-order valence-electron chi connectivity index (χ1n) is 10.4. The number of aromatic nitrogens is 3. The zero-order valence-electron chi connectivity index (χ0n) is 17.2. The largest absolute Gasteiger partial charge is 0.348 e. The molecule has 0 radical (unpaired) electrons. The molecule has 1 amide bonds. The molecule has 1 aliphatic rings. The van der Waals surface area contributed by atoms with Crippen LogP contribution in [0, 0.1) is 0 Å². The Balaban J connectivity index is 1.30. The van der Waals surface area contributed by atoms with Gasteiger partial charge in [0.25, 0.3) is 11.1 Å². The van der Waals surface area contributed by atoms with Gasteiger partial charge in [-0.3, -0.25) is 19.5 Å². The van der Waals surface area contributed by atoms with E-state index in [2.05, 4.69) is 20.3 Å². The molecule has 5 rings (SSSR count). The Labute approximate surface area is 183 Å². The van der Waals surface area contributed by atoms with Crippen molar-refractivity contribution in [1.29, 1.82) is 0 Å². The summed E-state index contributed by atoms with van der Waals surface area (Å²) in [5.41, 5.74) is 2.28. The summed E-state index contributed by atoms with van der Waals surface area (Å²) >= 11 is 0. The van der Waals surface area contributed by atoms with E-state index in [0.29, 0.717) is 17.3 Å². The molecule has 0 saturated heterocycles. The second-order valence-electron chi connectivity index (χ2n) is 7.73. The molecule has 0 saturated carbocycles. The van der Waals surface area contributed by atoms with E-state index in [1.807, 2.05) is 36.4 Å². The van der Waals surface area contributed by atoms with Gasteiger partial charge in [-0.25, -0.2) is 9.67 Å². The third-order valence-corrected chi connectivity index (χ3v) is 5.68. The van der Waals surface area contributed by atoms with Crippen molar-refractivity contribution >= 4 is 28.2 Å². The summed E-state index contributed by atoms with van der Waals surface area (Å²) in [5.74, 6) is 0.663. The Bertz CT molecular complexity index is 1430. The summed E-state index contributed by atoms with van der Waals surface area (Å²) in [6, 6.07) is 18.3. The van der Waals surface area contributed by atoms with Gasteiger partial charge in [-0.2, -0.15) is 0 Å². The third kappa shape index (κ3) is 3.66. The number of aryl methyl sites for hydroxylation is 1. The van der Waals surface area contributed by atoms with E-state index in [-0.39, 0.29) is 30.0 Å². The SMILES string of the molecule is O=C(CCn1[nH]c(=O)c2ccccc2c1=O)Nc1cccc2c1CN(c1ccccn1)C2. The van der Waals surface area contributed by atoms with Crippen molar-refractivity contribution < 1.29 is 4.79 Å². The fourth-order valence-corrected chi connectivity index (χ4v) is 4.07. The van der Waals surface area contributed by atoms with E-state index in [4.69, 9.17) is 0 Å². The number of aromatic amines is 1. The maximum atomic E-state index is 12.7. The number of hydrogen-bond donors (Lipinski definition) is 2. The number of amides is 1. The van der Waals surface area contributed by atoms with Gasteiger partial charge in [-0.15, -0.1) is 0 Å². The predicted molar refractivity (Wildman–Crippen MR) is 123 cm³/mol. The highest BCUT2D eigenvalue weighted by molar-refractivity contribution is 5.92. The van der Waals surface area contributed by atoms with Crippen LogP contribution >= 0.6 is 0 Å². The van der Waals surface area contributed by atoms with Gasteiger partial charge in [0.05, 0.1) is 17.3 Å². The van der Waals surface area contributed by atoms with Crippen LogP contribution < -0.4 is 21.3 Å². The topological polar surface area (TPSA) is 100 Å². The number of nitrogens with zero attached hydrogens (tertiary/aromatic N) is 3. The molecule has 3 heterocycles. The minimum absolute atomic E-state index is 0.0574. The lowest BCUT2D eigenvalue weighted by atomic mass is 10.1. The maximum absolute atomic E-state index is 12.7. The Morgan fingerprint density at radius 3 is 2.59 bits per heavy atom. The molecule has 32 heavy (non-hydrogen) atoms. The van der Waals surface area contributed by atoms with Gasteiger partial charge in [-0.05, 0) is 41.5 Å². The average molecular weight is 427 g/mol. The van der Waals surface area contributed by atoms with Crippen LogP contribution in [0.4, 0.5) is 11.5 Å². The van der Waals surface area contributed by atoms with Gasteiger partial charge >= 0.3 is 0 Å². The Hall–Kier alpha value is -4.20. The molecule has 8 heteroatoms. The molecule has 2 aromatic heterocycles. The number of benzene rings is 2. The van der Waals surface area contributed by atoms with Crippen molar-refractivity contribution in [3.63, 3.8) is 0 Å². The van der Waals surface area contributed by atoms with Crippen molar-refractivity contribution in [3.05, 3.63) is 98.7 Å². The fraction of sp³-hybridized carbons (Fsp3) is 0.167. The number of fused-ring (bicyclic) bond motifs is 2. The predicted octanol–water partition coefficient (Wildman–Crippen LogP) is 2.63. The van der Waals surface area contributed by atoms with Crippen molar-refractivity contribution in [3.8, 4) is 0 Å². The highest BCUT2D eigenvalue weighted by Crippen LogP contribution is 2.31. The van der Waals surface area contributed by atoms with Crippen molar-refractivity contribution in [1.82, 2.24) is 14.8 Å². The summed E-state index contributed by atoms with van der Waals surface area (Å²) in [6.07, 6.45) is 1.82. The fourth-order valence-electron chi connectivity index (χ4n) is 4.07. The Morgan fingerprint density at radius 2 is 1.78 bits per heavy atom. The maximum Gasteiger partial charge on any atom is 0.273 e. The molecule has 0 unspecified atom stereocenters. The molecule has 2 N–H and O–H groups in total. The van der Waals surface area contributed by atoms with Crippen LogP contribution in [0.15, 0.2) is 76.4 Å². The third-order valence-electron chi connectivity index (χ3n) is 5.68. The number of rotatable bonds is 5. The Morgan fingerprint density at radius 1 is 0.969 bits per heavy atom. The van der Waals surface area contributed by atoms with E-state index in [9.17, 15) is 14.4 Å². The van der Waals surface area contributed by atoms with Crippen LogP contribution in [-0.2, 0) is 24.4 Å². The van der Waals surface area contributed by atoms with Crippen LogP contribution in [0.25, 0.3) is 10.8 Å². The van der Waals surface area contributed by atoms with Gasteiger partial charge in [0.2, 0.25) is 5.91 Å². The zero-order chi connectivity index (χ0) is 22.1. The molecule has 0 bridgehead atoms. The quantitative estimate of drug-likeness (QED) is 0.510. The van der Waals surface area contributed by atoms with Gasteiger partial charge in [0.15, 0.2) is 0 Å².